The van der Waals surface area contributed by atoms with Crippen LogP contribution in [0.15, 0.2) is 29.2 Å². The zero-order chi connectivity index (χ0) is 13.6. The number of nitrogens with two attached hydrogens (primary N) is 1. The zero-order valence-corrected chi connectivity index (χ0v) is 10.9. The standard InChI is InChI=1S/C11H16N2O4S/c1-2-18(15,16)10-5-3-9(4-6-10)13-7-8-17-11(12)14/h3-6,13H,2,7-8H2,1H3,(H2,12,14). The number of nitrogens with one attached hydrogen (secondary N) is 1. The van der Waals surface area contributed by atoms with Crippen molar-refractivity contribution in [3.63, 3.8) is 0 Å². The molecule has 0 radical (unpaired) electrons. The summed E-state index contributed by atoms with van der Waals surface area (Å²) in [5.74, 6) is 0.0756. The lowest BCUT2D eigenvalue weighted by molar-refractivity contribution is 0.161. The molecule has 0 atom stereocenters. The van der Waals surface area contributed by atoms with Gasteiger partial charge in [-0.2, -0.15) is 0 Å². The van der Waals surface area contributed by atoms with Gasteiger partial charge >= 0.3 is 6.09 Å². The summed E-state index contributed by atoms with van der Waals surface area (Å²) in [6.07, 6.45) is -0.818. The minimum absolute atomic E-state index is 0.0756. The first-order chi connectivity index (χ1) is 8.45. The summed E-state index contributed by atoms with van der Waals surface area (Å²) in [4.78, 5) is 10.6. The third-order valence-electron chi connectivity index (χ3n) is 2.27. The summed E-state index contributed by atoms with van der Waals surface area (Å²) in [6.45, 7) is 2.16. The van der Waals surface area contributed by atoms with Gasteiger partial charge in [-0.1, -0.05) is 6.92 Å². The lowest BCUT2D eigenvalue weighted by atomic mass is 10.3. The second kappa shape index (κ2) is 6.25. The van der Waals surface area contributed by atoms with Gasteiger partial charge in [0.2, 0.25) is 0 Å². The van der Waals surface area contributed by atoms with Crippen molar-refractivity contribution in [3.05, 3.63) is 24.3 Å². The predicted molar refractivity (Wildman–Crippen MR) is 68.2 cm³/mol. The SMILES string of the molecule is CCS(=O)(=O)c1ccc(NCCOC(N)=O)cc1. The van der Waals surface area contributed by atoms with Crippen molar-refractivity contribution >= 4 is 21.6 Å². The van der Waals surface area contributed by atoms with Crippen molar-refractivity contribution in [3.8, 4) is 0 Å². The van der Waals surface area contributed by atoms with E-state index >= 15 is 0 Å². The van der Waals surface area contributed by atoms with Crippen LogP contribution >= 0.6 is 0 Å². The van der Waals surface area contributed by atoms with E-state index in [0.717, 1.165) is 5.69 Å². The van der Waals surface area contributed by atoms with E-state index in [0.29, 0.717) is 11.4 Å². The minimum Gasteiger partial charge on any atom is -0.448 e. The maximum atomic E-state index is 11.6. The third-order valence-corrected chi connectivity index (χ3v) is 4.02. The van der Waals surface area contributed by atoms with E-state index in [1.54, 1.807) is 19.1 Å². The van der Waals surface area contributed by atoms with Gasteiger partial charge in [0.15, 0.2) is 9.84 Å². The fourth-order valence-electron chi connectivity index (χ4n) is 1.29. The first-order valence-electron chi connectivity index (χ1n) is 5.44. The smallest absolute Gasteiger partial charge is 0.404 e. The maximum Gasteiger partial charge on any atom is 0.404 e. The minimum atomic E-state index is -3.17. The van der Waals surface area contributed by atoms with E-state index in [2.05, 4.69) is 10.1 Å². The number of carbonyl (C=O) groups is 1. The summed E-state index contributed by atoms with van der Waals surface area (Å²) < 4.78 is 27.7. The van der Waals surface area contributed by atoms with Gasteiger partial charge < -0.3 is 15.8 Å². The van der Waals surface area contributed by atoms with E-state index in [1.165, 1.54) is 12.1 Å². The number of hydrogen-bond donors (Lipinski definition) is 2. The number of carbonyl (C=O) groups excluding carboxylic acids is 1. The first-order valence-corrected chi connectivity index (χ1v) is 7.10. The Morgan fingerprint density at radius 1 is 1.33 bits per heavy atom. The summed E-state index contributed by atoms with van der Waals surface area (Å²) in [5, 5.41) is 2.97. The van der Waals surface area contributed by atoms with Crippen LogP contribution in [0.5, 0.6) is 0 Å². The predicted octanol–water partition coefficient (Wildman–Crippen LogP) is 0.987. The highest BCUT2D eigenvalue weighted by Crippen LogP contribution is 2.14. The van der Waals surface area contributed by atoms with E-state index in [1.807, 2.05) is 0 Å². The van der Waals surface area contributed by atoms with Gasteiger partial charge in [-0.05, 0) is 24.3 Å². The molecule has 0 aromatic heterocycles. The van der Waals surface area contributed by atoms with Crippen LogP contribution in [0.1, 0.15) is 6.92 Å². The molecule has 0 aliphatic rings. The van der Waals surface area contributed by atoms with Crippen molar-refractivity contribution in [1.29, 1.82) is 0 Å². The van der Waals surface area contributed by atoms with E-state index in [-0.39, 0.29) is 12.4 Å². The topological polar surface area (TPSA) is 98.5 Å². The molecule has 0 fully saturated rings. The Morgan fingerprint density at radius 3 is 2.44 bits per heavy atom. The fraction of sp³-hybridized carbons (Fsp3) is 0.364. The van der Waals surface area contributed by atoms with Gasteiger partial charge in [0.05, 0.1) is 10.6 Å². The summed E-state index contributed by atoms with van der Waals surface area (Å²) in [6, 6.07) is 6.39. The number of hydrogen-bond acceptors (Lipinski definition) is 5. The molecule has 3 N–H and O–H groups in total. The molecule has 0 aliphatic heterocycles. The molecule has 0 saturated heterocycles. The lowest BCUT2D eigenvalue weighted by Gasteiger charge is -2.07. The molecule has 6 nitrogen and oxygen atoms in total. The quantitative estimate of drug-likeness (QED) is 0.752. The molecule has 1 amide bonds. The highest BCUT2D eigenvalue weighted by Gasteiger charge is 2.10. The van der Waals surface area contributed by atoms with Gasteiger partial charge in [0.25, 0.3) is 0 Å². The van der Waals surface area contributed by atoms with Crippen LogP contribution in [0.25, 0.3) is 0 Å². The van der Waals surface area contributed by atoms with E-state index in [9.17, 15) is 13.2 Å². The Balaban J connectivity index is 2.53. The molecular formula is C11H16N2O4S. The van der Waals surface area contributed by atoms with Gasteiger partial charge in [-0.15, -0.1) is 0 Å². The van der Waals surface area contributed by atoms with Crippen molar-refractivity contribution in [2.45, 2.75) is 11.8 Å². The average Bonchev–Trinajstić information content (AvgIpc) is 2.35. The zero-order valence-electron chi connectivity index (χ0n) is 10.0. The van der Waals surface area contributed by atoms with Crippen molar-refractivity contribution in [1.82, 2.24) is 0 Å². The maximum absolute atomic E-state index is 11.6. The molecule has 0 heterocycles. The molecule has 1 aromatic rings. The van der Waals surface area contributed by atoms with Crippen LogP contribution in [0.2, 0.25) is 0 Å². The largest absolute Gasteiger partial charge is 0.448 e. The van der Waals surface area contributed by atoms with Gasteiger partial charge in [-0.3, -0.25) is 0 Å². The second-order valence-corrected chi connectivity index (χ2v) is 5.80. The number of sulfone groups is 1. The first kappa shape index (κ1) is 14.3. The molecule has 1 rings (SSSR count). The lowest BCUT2D eigenvalue weighted by Crippen LogP contribution is -2.18. The van der Waals surface area contributed by atoms with Crippen LogP contribution in [0.3, 0.4) is 0 Å². The molecular weight excluding hydrogens is 256 g/mol. The van der Waals surface area contributed by atoms with Crippen molar-refractivity contribution in [2.75, 3.05) is 24.2 Å². The summed E-state index contributed by atoms with van der Waals surface area (Å²) in [7, 11) is -3.17. The van der Waals surface area contributed by atoms with E-state index < -0.39 is 15.9 Å². The summed E-state index contributed by atoms with van der Waals surface area (Å²) >= 11 is 0. The Bertz CT molecular complexity index is 496. The highest BCUT2D eigenvalue weighted by atomic mass is 32.2. The molecule has 0 bridgehead atoms. The Hall–Kier alpha value is -1.76. The molecule has 100 valence electrons. The van der Waals surface area contributed by atoms with Crippen LogP contribution in [-0.4, -0.2) is 33.4 Å². The molecule has 0 aliphatic carbocycles. The second-order valence-electron chi connectivity index (χ2n) is 3.52. The number of rotatable bonds is 6. The number of anilines is 1. The monoisotopic (exact) mass is 272 g/mol. The van der Waals surface area contributed by atoms with Gasteiger partial charge in [-0.25, -0.2) is 13.2 Å². The van der Waals surface area contributed by atoms with Gasteiger partial charge in [0.1, 0.15) is 6.61 Å². The van der Waals surface area contributed by atoms with Crippen molar-refractivity contribution in [2.24, 2.45) is 5.73 Å². The highest BCUT2D eigenvalue weighted by molar-refractivity contribution is 7.91. The van der Waals surface area contributed by atoms with E-state index in [4.69, 9.17) is 5.73 Å². The van der Waals surface area contributed by atoms with Crippen LogP contribution in [0, 0.1) is 0 Å². The number of ether oxygens (including phenoxy) is 1. The fourth-order valence-corrected chi connectivity index (χ4v) is 2.18. The molecule has 18 heavy (non-hydrogen) atoms. The molecule has 0 unspecified atom stereocenters. The van der Waals surface area contributed by atoms with Crippen LogP contribution < -0.4 is 11.1 Å². The van der Waals surface area contributed by atoms with Crippen LogP contribution in [0.4, 0.5) is 10.5 Å². The van der Waals surface area contributed by atoms with Crippen LogP contribution in [-0.2, 0) is 14.6 Å². The molecule has 0 spiro atoms. The average molecular weight is 272 g/mol. The van der Waals surface area contributed by atoms with Gasteiger partial charge in [0, 0.05) is 12.2 Å². The molecule has 1 aromatic carbocycles. The molecule has 0 saturated carbocycles. The van der Waals surface area contributed by atoms with Crippen molar-refractivity contribution < 1.29 is 17.9 Å². The number of benzene rings is 1. The third kappa shape index (κ3) is 4.25. The Kier molecular flexibility index (Phi) is 4.96. The Labute approximate surface area is 106 Å². The number of primary amides is 1. The number of amides is 1. The Morgan fingerprint density at radius 2 is 1.94 bits per heavy atom. The normalized spacial score (nSPS) is 10.9. The molecule has 7 heteroatoms. The summed E-state index contributed by atoms with van der Waals surface area (Å²) in [5.41, 5.74) is 5.55.